The summed E-state index contributed by atoms with van der Waals surface area (Å²) in [6, 6.07) is 4.06. The van der Waals surface area contributed by atoms with Crippen molar-refractivity contribution in [2.24, 2.45) is 0 Å². The zero-order chi connectivity index (χ0) is 10.6. The van der Waals surface area contributed by atoms with Gasteiger partial charge in [-0.1, -0.05) is 6.92 Å². The molecule has 0 unspecified atom stereocenters. The fourth-order valence-electron chi connectivity index (χ4n) is 1.16. The van der Waals surface area contributed by atoms with Crippen molar-refractivity contribution in [1.82, 2.24) is 4.98 Å². The van der Waals surface area contributed by atoms with Crippen LogP contribution in [0.4, 0.5) is 5.69 Å². The third-order valence-electron chi connectivity index (χ3n) is 1.77. The molecule has 1 aromatic heterocycles. The average molecular weight is 207 g/mol. The predicted octanol–water partition coefficient (Wildman–Crippen LogP) is 2.13. The molecule has 0 aliphatic heterocycles. The fraction of sp³-hybridized carbons (Fsp3) is 0.400. The summed E-state index contributed by atoms with van der Waals surface area (Å²) in [6.45, 7) is 2.05. The van der Waals surface area contributed by atoms with E-state index in [1.54, 1.807) is 18.0 Å². The molecule has 14 heavy (non-hydrogen) atoms. The number of nitriles is 1. The molecule has 0 N–H and O–H groups in total. The van der Waals surface area contributed by atoms with E-state index >= 15 is 0 Å². The molecule has 0 amide bonds. The van der Waals surface area contributed by atoms with Crippen LogP contribution in [0, 0.1) is 11.3 Å². The normalized spacial score (nSPS) is 9.57. The van der Waals surface area contributed by atoms with Gasteiger partial charge in [0.2, 0.25) is 0 Å². The maximum Gasteiger partial charge on any atom is 0.116 e. The van der Waals surface area contributed by atoms with Crippen molar-refractivity contribution >= 4 is 17.4 Å². The number of aromatic nitrogens is 1. The van der Waals surface area contributed by atoms with Gasteiger partial charge in [0.1, 0.15) is 16.7 Å². The second kappa shape index (κ2) is 4.87. The molecular weight excluding hydrogens is 194 g/mol. The summed E-state index contributed by atoms with van der Waals surface area (Å²) in [6.07, 6.45) is 1.74. The van der Waals surface area contributed by atoms with Gasteiger partial charge >= 0.3 is 0 Å². The van der Waals surface area contributed by atoms with Gasteiger partial charge in [0.15, 0.2) is 0 Å². The number of nitrogens with zero attached hydrogens (tertiary/aromatic N) is 3. The zero-order valence-electron chi connectivity index (χ0n) is 8.61. The molecule has 0 saturated heterocycles. The first-order chi connectivity index (χ1) is 6.70. The summed E-state index contributed by atoms with van der Waals surface area (Å²) < 4.78 is 0. The molecule has 0 aliphatic carbocycles. The first-order valence-electron chi connectivity index (χ1n) is 4.40. The van der Waals surface area contributed by atoms with Gasteiger partial charge in [-0.05, 0) is 11.8 Å². The summed E-state index contributed by atoms with van der Waals surface area (Å²) in [5.41, 5.74) is 1.60. The molecule has 0 fully saturated rings. The topological polar surface area (TPSA) is 39.9 Å². The largest absolute Gasteiger partial charge is 0.376 e. The quantitative estimate of drug-likeness (QED) is 0.712. The van der Waals surface area contributed by atoms with Gasteiger partial charge in [-0.3, -0.25) is 0 Å². The summed E-state index contributed by atoms with van der Waals surface area (Å²) in [4.78, 5) is 6.13. The second-order valence-electron chi connectivity index (χ2n) is 2.95. The smallest absolute Gasteiger partial charge is 0.116 e. The van der Waals surface area contributed by atoms with Crippen molar-refractivity contribution in [3.8, 4) is 6.07 Å². The van der Waals surface area contributed by atoms with Crippen LogP contribution in [0.2, 0.25) is 0 Å². The minimum absolute atomic E-state index is 0.671. The third kappa shape index (κ3) is 2.18. The van der Waals surface area contributed by atoms with Crippen LogP contribution in [0.15, 0.2) is 17.3 Å². The number of rotatable bonds is 3. The van der Waals surface area contributed by atoms with Crippen LogP contribution in [-0.4, -0.2) is 24.8 Å². The van der Waals surface area contributed by atoms with E-state index in [0.717, 1.165) is 16.5 Å². The van der Waals surface area contributed by atoms with Gasteiger partial charge in [0.25, 0.3) is 0 Å². The van der Waals surface area contributed by atoms with Crippen LogP contribution in [-0.2, 0) is 0 Å². The number of hydrogen-bond acceptors (Lipinski definition) is 4. The monoisotopic (exact) mass is 207 g/mol. The molecule has 0 spiro atoms. The van der Waals surface area contributed by atoms with Crippen LogP contribution in [0.5, 0.6) is 0 Å². The Morgan fingerprint density at radius 1 is 1.57 bits per heavy atom. The van der Waals surface area contributed by atoms with Gasteiger partial charge in [-0.2, -0.15) is 5.26 Å². The van der Waals surface area contributed by atoms with Gasteiger partial charge in [-0.25, -0.2) is 4.98 Å². The Morgan fingerprint density at radius 2 is 2.29 bits per heavy atom. The highest BCUT2D eigenvalue weighted by molar-refractivity contribution is 7.99. The Kier molecular flexibility index (Phi) is 3.78. The van der Waals surface area contributed by atoms with E-state index in [-0.39, 0.29) is 0 Å². The van der Waals surface area contributed by atoms with Crippen LogP contribution in [0.3, 0.4) is 0 Å². The molecule has 0 aliphatic rings. The molecule has 0 saturated carbocycles. The van der Waals surface area contributed by atoms with Gasteiger partial charge in [-0.15, -0.1) is 11.8 Å². The molecule has 0 radical (unpaired) electrons. The summed E-state index contributed by atoms with van der Waals surface area (Å²) in [5.74, 6) is 0.929. The molecule has 1 heterocycles. The highest BCUT2D eigenvalue weighted by atomic mass is 32.2. The highest BCUT2D eigenvalue weighted by Gasteiger charge is 2.10. The Balaban J connectivity index is 3.20. The summed E-state index contributed by atoms with van der Waals surface area (Å²) in [7, 11) is 3.85. The second-order valence-corrected chi connectivity index (χ2v) is 4.20. The number of thioether (sulfide) groups is 1. The lowest BCUT2D eigenvalue weighted by Crippen LogP contribution is -2.11. The third-order valence-corrected chi connectivity index (χ3v) is 2.64. The van der Waals surface area contributed by atoms with Crippen molar-refractivity contribution in [3.63, 3.8) is 0 Å². The molecule has 1 aromatic rings. The zero-order valence-corrected chi connectivity index (χ0v) is 9.43. The molecule has 4 heteroatoms. The molecule has 3 nitrogen and oxygen atoms in total. The van der Waals surface area contributed by atoms with Crippen molar-refractivity contribution in [1.29, 1.82) is 5.26 Å². The lowest BCUT2D eigenvalue weighted by atomic mass is 10.2. The first-order valence-corrected chi connectivity index (χ1v) is 5.38. The molecule has 1 rings (SSSR count). The van der Waals surface area contributed by atoms with Crippen molar-refractivity contribution in [2.75, 3.05) is 24.7 Å². The van der Waals surface area contributed by atoms with Crippen molar-refractivity contribution in [3.05, 3.63) is 17.8 Å². The lowest BCUT2D eigenvalue weighted by Gasteiger charge is -2.15. The molecular formula is C10H13N3S. The summed E-state index contributed by atoms with van der Waals surface area (Å²) >= 11 is 1.60. The fourth-order valence-corrected chi connectivity index (χ4v) is 1.86. The van der Waals surface area contributed by atoms with Crippen LogP contribution >= 0.6 is 11.8 Å². The minimum Gasteiger partial charge on any atom is -0.376 e. The minimum atomic E-state index is 0.671. The highest BCUT2D eigenvalue weighted by Crippen LogP contribution is 2.26. The van der Waals surface area contributed by atoms with Gasteiger partial charge in [0, 0.05) is 20.3 Å². The maximum atomic E-state index is 9.04. The maximum absolute atomic E-state index is 9.04. The van der Waals surface area contributed by atoms with E-state index in [2.05, 4.69) is 18.0 Å². The standard InChI is InChI=1S/C10H13N3S/c1-4-14-10-8(7-11)9(13(2)3)5-6-12-10/h5-6H,4H2,1-3H3. The average Bonchev–Trinajstić information content (AvgIpc) is 2.18. The Morgan fingerprint density at radius 3 is 2.79 bits per heavy atom. The Hall–Kier alpha value is -1.21. The Labute approximate surface area is 88.8 Å². The number of pyridine rings is 1. The van der Waals surface area contributed by atoms with Crippen molar-refractivity contribution in [2.45, 2.75) is 11.9 Å². The Bertz CT molecular complexity index is 355. The molecule has 0 atom stereocenters. The van der Waals surface area contributed by atoms with Gasteiger partial charge < -0.3 is 4.90 Å². The summed E-state index contributed by atoms with van der Waals surface area (Å²) in [5, 5.41) is 9.87. The van der Waals surface area contributed by atoms with Crippen molar-refractivity contribution < 1.29 is 0 Å². The molecule has 0 bridgehead atoms. The van der Waals surface area contributed by atoms with Crippen LogP contribution in [0.1, 0.15) is 12.5 Å². The van der Waals surface area contributed by atoms with E-state index in [1.165, 1.54) is 0 Å². The van der Waals surface area contributed by atoms with Gasteiger partial charge in [0.05, 0.1) is 5.69 Å². The van der Waals surface area contributed by atoms with Crippen LogP contribution in [0.25, 0.3) is 0 Å². The molecule has 0 aromatic carbocycles. The van der Waals surface area contributed by atoms with E-state index in [0.29, 0.717) is 5.56 Å². The lowest BCUT2D eigenvalue weighted by molar-refractivity contribution is 1.05. The van der Waals surface area contributed by atoms with E-state index in [4.69, 9.17) is 5.26 Å². The van der Waals surface area contributed by atoms with E-state index < -0.39 is 0 Å². The molecule has 74 valence electrons. The van der Waals surface area contributed by atoms with E-state index in [9.17, 15) is 0 Å². The number of anilines is 1. The predicted molar refractivity (Wildman–Crippen MR) is 59.7 cm³/mol. The first kappa shape index (κ1) is 10.9. The SMILES string of the molecule is CCSc1nccc(N(C)C)c1C#N. The van der Waals surface area contributed by atoms with Crippen LogP contribution < -0.4 is 4.90 Å². The number of hydrogen-bond donors (Lipinski definition) is 0. The van der Waals surface area contributed by atoms with E-state index in [1.807, 2.05) is 25.1 Å².